The Hall–Kier alpha value is -0.850. The molecule has 0 fully saturated rings. The second-order valence-corrected chi connectivity index (χ2v) is 3.46. The molecule has 0 aliphatic carbocycles. The van der Waals surface area contributed by atoms with Gasteiger partial charge in [0.05, 0.1) is 13.2 Å². The summed E-state index contributed by atoms with van der Waals surface area (Å²) in [7, 11) is 2.07. The minimum absolute atomic E-state index is 0.0422. The zero-order valence-electron chi connectivity index (χ0n) is 10.0. The van der Waals surface area contributed by atoms with Crippen LogP contribution in [0.4, 0.5) is 0 Å². The van der Waals surface area contributed by atoms with E-state index in [4.69, 9.17) is 4.74 Å². The first-order valence-electron chi connectivity index (χ1n) is 5.42. The van der Waals surface area contributed by atoms with Crippen LogP contribution >= 0.6 is 0 Å². The van der Waals surface area contributed by atoms with Gasteiger partial charge in [-0.1, -0.05) is 12.8 Å². The number of hydrogen-bond donors (Lipinski definition) is 0. The molecule has 0 spiro atoms. The third kappa shape index (κ3) is 9.45. The summed E-state index contributed by atoms with van der Waals surface area (Å²) in [6.07, 6.45) is 1.55. The fraction of sp³-hybridized carbons (Fsp3) is 0.750. The molecular weight excluding hydrogens is 190 g/mol. The van der Waals surface area contributed by atoms with Crippen LogP contribution in [-0.2, 0) is 9.53 Å². The van der Waals surface area contributed by atoms with Crippen molar-refractivity contribution in [3.63, 3.8) is 0 Å². The molecule has 0 atom stereocenters. The first-order valence-corrected chi connectivity index (χ1v) is 5.42. The molecule has 86 valence electrons. The Balaban J connectivity index is 3.30. The number of ketones is 1. The second-order valence-electron chi connectivity index (χ2n) is 3.46. The molecule has 0 N–H and O–H groups in total. The Bertz CT molecular complexity index is 228. The average molecular weight is 211 g/mol. The quantitative estimate of drug-likeness (QED) is 0.344. The third-order valence-corrected chi connectivity index (χ3v) is 1.96. The standard InChI is InChI=1S/C12H21NO2/c1-4-6-12(14)7-10-15-11-9-13(3)8-5-2/h5,7-11H2,1-3H3. The number of Topliss-reactive ketones (excluding diaryl/α,β-unsaturated/α-hetero) is 1. The van der Waals surface area contributed by atoms with Crippen molar-refractivity contribution in [3.05, 3.63) is 0 Å². The van der Waals surface area contributed by atoms with Crippen LogP contribution in [0.1, 0.15) is 26.7 Å². The van der Waals surface area contributed by atoms with E-state index in [0.717, 1.165) is 19.5 Å². The fourth-order valence-electron chi connectivity index (χ4n) is 1.18. The normalized spacial score (nSPS) is 9.87. The summed E-state index contributed by atoms with van der Waals surface area (Å²) in [5.74, 6) is 5.02. The number of likely N-dealkylation sites (N-methyl/N-ethyl adjacent to an activating group) is 1. The van der Waals surface area contributed by atoms with Gasteiger partial charge in [-0.15, -0.1) is 0 Å². The summed E-state index contributed by atoms with van der Waals surface area (Å²) in [5, 5.41) is 0. The van der Waals surface area contributed by atoms with Crippen LogP contribution in [0.2, 0.25) is 0 Å². The molecule has 0 heterocycles. The maximum absolute atomic E-state index is 11.0. The van der Waals surface area contributed by atoms with Crippen molar-refractivity contribution in [3.8, 4) is 11.8 Å². The van der Waals surface area contributed by atoms with E-state index in [1.54, 1.807) is 6.92 Å². The van der Waals surface area contributed by atoms with Crippen molar-refractivity contribution >= 4 is 5.78 Å². The van der Waals surface area contributed by atoms with Gasteiger partial charge in [-0.25, -0.2) is 0 Å². The molecule has 0 radical (unpaired) electrons. The van der Waals surface area contributed by atoms with Gasteiger partial charge in [0, 0.05) is 13.0 Å². The Morgan fingerprint density at radius 3 is 2.67 bits per heavy atom. The lowest BCUT2D eigenvalue weighted by atomic mass is 10.3. The molecule has 0 amide bonds. The number of ether oxygens (including phenoxy) is 1. The van der Waals surface area contributed by atoms with Gasteiger partial charge in [-0.3, -0.25) is 4.79 Å². The predicted molar refractivity (Wildman–Crippen MR) is 61.7 cm³/mol. The van der Waals surface area contributed by atoms with Crippen molar-refractivity contribution < 1.29 is 9.53 Å². The van der Waals surface area contributed by atoms with Crippen molar-refractivity contribution in [1.82, 2.24) is 4.90 Å². The molecule has 0 rings (SSSR count). The molecular formula is C12H21NO2. The molecule has 0 aromatic heterocycles. The van der Waals surface area contributed by atoms with E-state index in [1.807, 2.05) is 0 Å². The van der Waals surface area contributed by atoms with Gasteiger partial charge >= 0.3 is 0 Å². The topological polar surface area (TPSA) is 29.5 Å². The molecule has 0 aromatic rings. The Labute approximate surface area is 92.8 Å². The molecule has 0 saturated carbocycles. The molecule has 0 aliphatic rings. The van der Waals surface area contributed by atoms with E-state index in [-0.39, 0.29) is 5.78 Å². The summed E-state index contributed by atoms with van der Waals surface area (Å²) in [6.45, 7) is 6.99. The maximum atomic E-state index is 11.0. The molecule has 3 heteroatoms. The number of carbonyl (C=O) groups is 1. The van der Waals surface area contributed by atoms with Crippen LogP contribution in [0, 0.1) is 11.8 Å². The van der Waals surface area contributed by atoms with E-state index in [0.29, 0.717) is 19.6 Å². The lowest BCUT2D eigenvalue weighted by Gasteiger charge is -2.14. The predicted octanol–water partition coefficient (Wildman–Crippen LogP) is 1.33. The van der Waals surface area contributed by atoms with Crippen LogP contribution in [0.15, 0.2) is 0 Å². The Morgan fingerprint density at radius 1 is 1.33 bits per heavy atom. The van der Waals surface area contributed by atoms with Gasteiger partial charge in [0.15, 0.2) is 0 Å². The lowest BCUT2D eigenvalue weighted by Crippen LogP contribution is -2.24. The summed E-state index contributed by atoms with van der Waals surface area (Å²) < 4.78 is 5.34. The minimum atomic E-state index is -0.0422. The Kier molecular flexibility index (Phi) is 9.15. The molecule has 0 unspecified atom stereocenters. The van der Waals surface area contributed by atoms with Crippen molar-refractivity contribution in [1.29, 1.82) is 0 Å². The van der Waals surface area contributed by atoms with E-state index >= 15 is 0 Å². The zero-order chi connectivity index (χ0) is 11.5. The maximum Gasteiger partial charge on any atom is 0.207 e. The van der Waals surface area contributed by atoms with Gasteiger partial charge < -0.3 is 9.64 Å². The van der Waals surface area contributed by atoms with E-state index in [2.05, 4.69) is 30.7 Å². The molecule has 3 nitrogen and oxygen atoms in total. The summed E-state index contributed by atoms with van der Waals surface area (Å²) >= 11 is 0. The highest BCUT2D eigenvalue weighted by molar-refractivity contribution is 5.95. The van der Waals surface area contributed by atoms with Gasteiger partial charge in [0.2, 0.25) is 5.78 Å². The molecule has 0 aromatic carbocycles. The molecule has 0 saturated heterocycles. The van der Waals surface area contributed by atoms with Crippen molar-refractivity contribution in [2.24, 2.45) is 0 Å². The van der Waals surface area contributed by atoms with Crippen molar-refractivity contribution in [2.45, 2.75) is 26.7 Å². The summed E-state index contributed by atoms with van der Waals surface area (Å²) in [6, 6.07) is 0. The first-order chi connectivity index (χ1) is 7.20. The second kappa shape index (κ2) is 9.70. The third-order valence-electron chi connectivity index (χ3n) is 1.96. The van der Waals surface area contributed by atoms with E-state index < -0.39 is 0 Å². The minimum Gasteiger partial charge on any atom is -0.380 e. The number of hydrogen-bond acceptors (Lipinski definition) is 3. The van der Waals surface area contributed by atoms with Crippen molar-refractivity contribution in [2.75, 3.05) is 33.4 Å². The zero-order valence-corrected chi connectivity index (χ0v) is 10.0. The first kappa shape index (κ1) is 14.2. The molecule has 0 bridgehead atoms. The van der Waals surface area contributed by atoms with Crippen LogP contribution in [0.25, 0.3) is 0 Å². The molecule has 0 aliphatic heterocycles. The molecule has 15 heavy (non-hydrogen) atoms. The summed E-state index contributed by atoms with van der Waals surface area (Å²) in [5.41, 5.74) is 0. The SMILES string of the molecule is CC#CC(=O)CCOCCN(C)CCC. The highest BCUT2D eigenvalue weighted by Gasteiger charge is 1.98. The van der Waals surface area contributed by atoms with Gasteiger partial charge in [-0.2, -0.15) is 0 Å². The smallest absolute Gasteiger partial charge is 0.207 e. The average Bonchev–Trinajstić information content (AvgIpc) is 2.18. The fourth-order valence-corrected chi connectivity index (χ4v) is 1.18. The number of nitrogens with zero attached hydrogens (tertiary/aromatic N) is 1. The summed E-state index contributed by atoms with van der Waals surface area (Å²) in [4.78, 5) is 13.2. The van der Waals surface area contributed by atoms with Gasteiger partial charge in [0.25, 0.3) is 0 Å². The van der Waals surface area contributed by atoms with E-state index in [9.17, 15) is 4.79 Å². The van der Waals surface area contributed by atoms with Crippen LogP contribution in [0.3, 0.4) is 0 Å². The Morgan fingerprint density at radius 2 is 2.07 bits per heavy atom. The van der Waals surface area contributed by atoms with Gasteiger partial charge in [-0.05, 0) is 32.9 Å². The number of carbonyl (C=O) groups excluding carboxylic acids is 1. The van der Waals surface area contributed by atoms with Crippen LogP contribution in [-0.4, -0.2) is 44.0 Å². The van der Waals surface area contributed by atoms with Gasteiger partial charge in [0.1, 0.15) is 0 Å². The van der Waals surface area contributed by atoms with Crippen LogP contribution < -0.4 is 0 Å². The highest BCUT2D eigenvalue weighted by atomic mass is 16.5. The number of rotatable bonds is 8. The lowest BCUT2D eigenvalue weighted by molar-refractivity contribution is -0.114. The monoisotopic (exact) mass is 211 g/mol. The van der Waals surface area contributed by atoms with E-state index in [1.165, 1.54) is 0 Å². The van der Waals surface area contributed by atoms with Crippen LogP contribution in [0.5, 0.6) is 0 Å². The largest absolute Gasteiger partial charge is 0.380 e. The highest BCUT2D eigenvalue weighted by Crippen LogP contribution is 1.88.